The lowest BCUT2D eigenvalue weighted by Gasteiger charge is -2.39. The SMILES string of the molecule is CC(C)(C)C1CCC(C(=O)OC2(c3ccccc3)CC[NH2+]CC2)CC1. The number of ether oxygens (including phenoxy) is 1. The molecule has 1 aliphatic carbocycles. The van der Waals surface area contributed by atoms with E-state index in [9.17, 15) is 4.79 Å². The van der Waals surface area contributed by atoms with Crippen LogP contribution >= 0.6 is 0 Å². The molecule has 25 heavy (non-hydrogen) atoms. The van der Waals surface area contributed by atoms with Gasteiger partial charge in [-0.2, -0.15) is 0 Å². The summed E-state index contributed by atoms with van der Waals surface area (Å²) in [6.07, 6.45) is 6.10. The molecule has 1 saturated heterocycles. The van der Waals surface area contributed by atoms with Crippen LogP contribution in [-0.4, -0.2) is 19.1 Å². The van der Waals surface area contributed by atoms with Crippen LogP contribution in [0, 0.1) is 17.3 Å². The predicted molar refractivity (Wildman–Crippen MR) is 100 cm³/mol. The van der Waals surface area contributed by atoms with Gasteiger partial charge in [0.1, 0.15) is 5.60 Å². The fourth-order valence-corrected chi connectivity index (χ4v) is 4.60. The lowest BCUT2D eigenvalue weighted by atomic mass is 9.70. The standard InChI is InChI=1S/C22H33NO2/c1-21(2,3)18-11-9-17(10-12-18)20(24)25-22(13-15-23-16-14-22)19-7-5-4-6-8-19/h4-8,17-18,23H,9-16H2,1-3H3/p+1. The van der Waals surface area contributed by atoms with Gasteiger partial charge in [0, 0.05) is 12.8 Å². The van der Waals surface area contributed by atoms with Gasteiger partial charge in [-0.25, -0.2) is 0 Å². The van der Waals surface area contributed by atoms with Crippen molar-refractivity contribution in [3.05, 3.63) is 35.9 Å². The average Bonchev–Trinajstić information content (AvgIpc) is 2.62. The molecule has 1 aromatic carbocycles. The zero-order valence-corrected chi connectivity index (χ0v) is 16.1. The van der Waals surface area contributed by atoms with E-state index in [4.69, 9.17) is 4.74 Å². The van der Waals surface area contributed by atoms with Crippen molar-refractivity contribution in [1.29, 1.82) is 0 Å². The highest BCUT2D eigenvalue weighted by molar-refractivity contribution is 5.73. The Balaban J connectivity index is 1.68. The van der Waals surface area contributed by atoms with Crippen LogP contribution in [0.2, 0.25) is 0 Å². The minimum Gasteiger partial charge on any atom is -0.453 e. The predicted octanol–water partition coefficient (Wildman–Crippen LogP) is 3.63. The molecule has 2 aliphatic rings. The van der Waals surface area contributed by atoms with Gasteiger partial charge in [0.25, 0.3) is 0 Å². The molecule has 1 heterocycles. The summed E-state index contributed by atoms with van der Waals surface area (Å²) >= 11 is 0. The monoisotopic (exact) mass is 344 g/mol. The van der Waals surface area contributed by atoms with Crippen LogP contribution in [-0.2, 0) is 15.1 Å². The summed E-state index contributed by atoms with van der Waals surface area (Å²) in [6, 6.07) is 10.4. The molecule has 0 bridgehead atoms. The van der Waals surface area contributed by atoms with E-state index < -0.39 is 5.60 Å². The van der Waals surface area contributed by atoms with Crippen molar-refractivity contribution >= 4 is 5.97 Å². The Morgan fingerprint density at radius 3 is 2.20 bits per heavy atom. The van der Waals surface area contributed by atoms with Crippen molar-refractivity contribution in [3.8, 4) is 0 Å². The number of benzene rings is 1. The van der Waals surface area contributed by atoms with Crippen molar-refractivity contribution in [1.82, 2.24) is 0 Å². The van der Waals surface area contributed by atoms with Crippen LogP contribution < -0.4 is 5.32 Å². The summed E-state index contributed by atoms with van der Waals surface area (Å²) in [7, 11) is 0. The molecule has 2 fully saturated rings. The number of nitrogens with two attached hydrogens (primary N) is 1. The third-order valence-electron chi connectivity index (χ3n) is 6.39. The van der Waals surface area contributed by atoms with Crippen LogP contribution in [0.4, 0.5) is 0 Å². The number of piperidine rings is 1. The highest BCUT2D eigenvalue weighted by Gasteiger charge is 2.42. The van der Waals surface area contributed by atoms with E-state index in [-0.39, 0.29) is 11.9 Å². The molecule has 0 spiro atoms. The normalized spacial score (nSPS) is 26.8. The van der Waals surface area contributed by atoms with Gasteiger partial charge in [-0.05, 0) is 42.6 Å². The largest absolute Gasteiger partial charge is 0.453 e. The molecule has 0 aromatic heterocycles. The summed E-state index contributed by atoms with van der Waals surface area (Å²) in [4.78, 5) is 13.0. The van der Waals surface area contributed by atoms with Gasteiger partial charge in [-0.15, -0.1) is 0 Å². The number of quaternary nitrogens is 1. The van der Waals surface area contributed by atoms with Crippen molar-refractivity contribution in [2.75, 3.05) is 13.1 Å². The van der Waals surface area contributed by atoms with Crippen LogP contribution in [0.1, 0.15) is 64.9 Å². The third kappa shape index (κ3) is 4.25. The van der Waals surface area contributed by atoms with Gasteiger partial charge in [-0.3, -0.25) is 4.79 Å². The number of hydrogen-bond donors (Lipinski definition) is 1. The van der Waals surface area contributed by atoms with E-state index in [1.807, 2.05) is 6.07 Å². The van der Waals surface area contributed by atoms with Crippen molar-refractivity contribution < 1.29 is 14.8 Å². The minimum atomic E-state index is -0.409. The van der Waals surface area contributed by atoms with Crippen molar-refractivity contribution in [3.63, 3.8) is 0 Å². The first-order valence-electron chi connectivity index (χ1n) is 10.0. The maximum absolute atomic E-state index is 13.0. The molecule has 3 rings (SSSR count). The van der Waals surface area contributed by atoms with E-state index >= 15 is 0 Å². The molecule has 2 N–H and O–H groups in total. The molecule has 1 saturated carbocycles. The van der Waals surface area contributed by atoms with Gasteiger partial charge < -0.3 is 10.1 Å². The molecule has 1 aliphatic heterocycles. The van der Waals surface area contributed by atoms with Crippen molar-refractivity contribution in [2.24, 2.45) is 17.3 Å². The summed E-state index contributed by atoms with van der Waals surface area (Å²) in [6.45, 7) is 9.01. The van der Waals surface area contributed by atoms with Gasteiger partial charge in [0.2, 0.25) is 0 Å². The second-order valence-electron chi connectivity index (χ2n) is 9.06. The number of carbonyl (C=O) groups excluding carboxylic acids is 1. The minimum absolute atomic E-state index is 0.0399. The molecule has 0 radical (unpaired) electrons. The van der Waals surface area contributed by atoms with E-state index in [1.54, 1.807) is 0 Å². The van der Waals surface area contributed by atoms with E-state index in [2.05, 4.69) is 50.4 Å². The lowest BCUT2D eigenvalue weighted by Crippen LogP contribution is -2.87. The topological polar surface area (TPSA) is 42.9 Å². The van der Waals surface area contributed by atoms with Gasteiger partial charge in [0.05, 0.1) is 19.0 Å². The molecule has 3 nitrogen and oxygen atoms in total. The zero-order chi connectivity index (χ0) is 17.9. The fourth-order valence-electron chi connectivity index (χ4n) is 4.60. The van der Waals surface area contributed by atoms with Gasteiger partial charge >= 0.3 is 5.97 Å². The summed E-state index contributed by atoms with van der Waals surface area (Å²) in [5.74, 6) is 0.854. The lowest BCUT2D eigenvalue weighted by molar-refractivity contribution is -0.668. The highest BCUT2D eigenvalue weighted by Crippen LogP contribution is 2.41. The van der Waals surface area contributed by atoms with E-state index in [0.29, 0.717) is 5.41 Å². The first kappa shape index (κ1) is 18.4. The maximum atomic E-state index is 13.0. The first-order valence-corrected chi connectivity index (χ1v) is 10.0. The number of carbonyl (C=O) groups is 1. The van der Waals surface area contributed by atoms with E-state index in [0.717, 1.165) is 57.5 Å². The molecule has 0 unspecified atom stereocenters. The van der Waals surface area contributed by atoms with Gasteiger partial charge in [-0.1, -0.05) is 51.1 Å². The number of hydrogen-bond acceptors (Lipinski definition) is 2. The Morgan fingerprint density at radius 1 is 1.04 bits per heavy atom. The Morgan fingerprint density at radius 2 is 1.64 bits per heavy atom. The van der Waals surface area contributed by atoms with Crippen LogP contribution in [0.3, 0.4) is 0 Å². The second-order valence-corrected chi connectivity index (χ2v) is 9.06. The Kier molecular flexibility index (Phi) is 5.52. The molecule has 138 valence electrons. The summed E-state index contributed by atoms with van der Waals surface area (Å²) < 4.78 is 6.27. The average molecular weight is 345 g/mol. The smallest absolute Gasteiger partial charge is 0.309 e. The molecular formula is C22H34NO2+. The van der Waals surface area contributed by atoms with Crippen molar-refractivity contribution in [2.45, 2.75) is 64.9 Å². The Bertz CT molecular complexity index is 561. The molecule has 0 amide bonds. The zero-order valence-electron chi connectivity index (χ0n) is 16.1. The second kappa shape index (κ2) is 7.49. The summed E-state index contributed by atoms with van der Waals surface area (Å²) in [5.41, 5.74) is 1.10. The first-order chi connectivity index (χ1) is 11.9. The number of esters is 1. The Hall–Kier alpha value is -1.35. The molecular weight excluding hydrogens is 310 g/mol. The van der Waals surface area contributed by atoms with Crippen LogP contribution in [0.15, 0.2) is 30.3 Å². The third-order valence-corrected chi connectivity index (χ3v) is 6.39. The highest BCUT2D eigenvalue weighted by atomic mass is 16.6. The fraction of sp³-hybridized carbons (Fsp3) is 0.682. The Labute approximate surface area is 152 Å². The molecule has 0 atom stereocenters. The van der Waals surface area contributed by atoms with Crippen LogP contribution in [0.5, 0.6) is 0 Å². The quantitative estimate of drug-likeness (QED) is 0.851. The number of rotatable bonds is 3. The molecule has 1 aromatic rings. The van der Waals surface area contributed by atoms with Crippen LogP contribution in [0.25, 0.3) is 0 Å². The maximum Gasteiger partial charge on any atom is 0.309 e. The molecule has 3 heteroatoms. The summed E-state index contributed by atoms with van der Waals surface area (Å²) in [5, 5.41) is 2.32. The van der Waals surface area contributed by atoms with E-state index in [1.165, 1.54) is 5.56 Å². The van der Waals surface area contributed by atoms with Gasteiger partial charge in [0.15, 0.2) is 0 Å².